The van der Waals surface area contributed by atoms with Crippen molar-refractivity contribution in [2.75, 3.05) is 5.73 Å². The van der Waals surface area contributed by atoms with E-state index in [0.717, 1.165) is 0 Å². The maximum atomic E-state index is 11.0. The van der Waals surface area contributed by atoms with Crippen LogP contribution in [-0.4, -0.2) is 13.7 Å². The molecule has 0 radical (unpaired) electrons. The van der Waals surface area contributed by atoms with Crippen molar-refractivity contribution in [1.29, 1.82) is 0 Å². The third kappa shape index (κ3) is 2.56. The van der Waals surface area contributed by atoms with Gasteiger partial charge in [0.05, 0.1) is 10.2 Å². The van der Waals surface area contributed by atoms with Gasteiger partial charge in [0.15, 0.2) is 11.1 Å². The molecule has 2 atom stereocenters. The van der Waals surface area contributed by atoms with Gasteiger partial charge in [-0.05, 0) is 18.1 Å². The van der Waals surface area contributed by atoms with Crippen molar-refractivity contribution in [1.82, 2.24) is 0 Å². The Morgan fingerprint density at radius 3 is 2.69 bits per heavy atom. The van der Waals surface area contributed by atoms with E-state index in [1.54, 1.807) is 6.92 Å². The Labute approximate surface area is 94.9 Å². The molecule has 0 aliphatic heterocycles. The molecule has 0 saturated carbocycles. The van der Waals surface area contributed by atoms with Crippen LogP contribution in [0.4, 0.5) is 11.4 Å². The molecule has 0 bridgehead atoms. The minimum atomic E-state index is -2.05. The number of benzene rings is 1. The van der Waals surface area contributed by atoms with Gasteiger partial charge in [-0.15, -0.1) is 0 Å². The Kier molecular flexibility index (Phi) is 3.97. The Balaban J connectivity index is 3.21. The summed E-state index contributed by atoms with van der Waals surface area (Å²) in [6.45, 7) is 1.74. The summed E-state index contributed by atoms with van der Waals surface area (Å²) in [6.07, 6.45) is 0.421. The van der Waals surface area contributed by atoms with Crippen LogP contribution in [0.3, 0.4) is 0 Å². The Morgan fingerprint density at radius 1 is 1.62 bits per heavy atom. The van der Waals surface area contributed by atoms with Crippen LogP contribution in [0.1, 0.15) is 24.2 Å². The number of anilines is 1. The molecule has 0 fully saturated rings. The highest BCUT2D eigenvalue weighted by Gasteiger charge is 2.20. The van der Waals surface area contributed by atoms with Crippen LogP contribution >= 0.6 is 0 Å². The van der Waals surface area contributed by atoms with E-state index in [1.807, 2.05) is 0 Å². The molecule has 7 heteroatoms. The zero-order valence-corrected chi connectivity index (χ0v) is 9.44. The summed E-state index contributed by atoms with van der Waals surface area (Å²) in [7, 11) is 0. The second-order valence-corrected chi connectivity index (χ2v) is 4.37. The van der Waals surface area contributed by atoms with Crippen LogP contribution in [0.15, 0.2) is 18.2 Å². The minimum absolute atomic E-state index is 0.0484. The number of nitro groups is 1. The van der Waals surface area contributed by atoms with E-state index in [0.29, 0.717) is 12.0 Å². The zero-order chi connectivity index (χ0) is 12.3. The lowest BCUT2D eigenvalue weighted by molar-refractivity contribution is -0.384. The molecule has 0 aliphatic rings. The predicted molar refractivity (Wildman–Crippen MR) is 61.3 cm³/mol. The standard InChI is InChI=1S/C9H12N2O4S/c1-2-9(16(14)15)6-3-4-7(10)8(5-6)11(12)13/h3-5,9H,2,10H2,1H3,(H,14,15). The topological polar surface area (TPSA) is 106 Å². The van der Waals surface area contributed by atoms with Crippen molar-refractivity contribution in [3.8, 4) is 0 Å². The van der Waals surface area contributed by atoms with Gasteiger partial charge in [-0.1, -0.05) is 13.0 Å². The van der Waals surface area contributed by atoms with E-state index in [2.05, 4.69) is 0 Å². The first-order valence-electron chi connectivity index (χ1n) is 4.60. The molecule has 0 spiro atoms. The first kappa shape index (κ1) is 12.6. The molecule has 1 aromatic rings. The molecule has 1 rings (SSSR count). The molecule has 88 valence electrons. The summed E-state index contributed by atoms with van der Waals surface area (Å²) < 4.78 is 20.0. The lowest BCUT2D eigenvalue weighted by Crippen LogP contribution is -2.06. The van der Waals surface area contributed by atoms with Crippen LogP contribution in [-0.2, 0) is 11.1 Å². The van der Waals surface area contributed by atoms with Gasteiger partial charge < -0.3 is 10.3 Å². The molecule has 0 saturated heterocycles. The number of nitrogen functional groups attached to an aromatic ring is 1. The number of nitro benzene ring substituents is 1. The quantitative estimate of drug-likeness (QED) is 0.364. The maximum Gasteiger partial charge on any atom is 0.292 e. The zero-order valence-electron chi connectivity index (χ0n) is 8.62. The fraction of sp³-hybridized carbons (Fsp3) is 0.333. The Bertz CT molecular complexity index is 436. The van der Waals surface area contributed by atoms with Crippen molar-refractivity contribution >= 4 is 22.5 Å². The van der Waals surface area contributed by atoms with Crippen LogP contribution < -0.4 is 5.73 Å². The average molecular weight is 244 g/mol. The predicted octanol–water partition coefficient (Wildman–Crippen LogP) is 1.85. The van der Waals surface area contributed by atoms with E-state index in [1.165, 1.54) is 18.2 Å². The van der Waals surface area contributed by atoms with E-state index in [4.69, 9.17) is 10.3 Å². The van der Waals surface area contributed by atoms with E-state index < -0.39 is 21.3 Å². The fourth-order valence-electron chi connectivity index (χ4n) is 1.41. The van der Waals surface area contributed by atoms with Gasteiger partial charge in [-0.2, -0.15) is 0 Å². The van der Waals surface area contributed by atoms with E-state index in [9.17, 15) is 14.3 Å². The number of nitrogens with two attached hydrogens (primary N) is 1. The van der Waals surface area contributed by atoms with Gasteiger partial charge in [0, 0.05) is 6.07 Å². The highest BCUT2D eigenvalue weighted by Crippen LogP contribution is 2.29. The summed E-state index contributed by atoms with van der Waals surface area (Å²) in [5.41, 5.74) is 5.69. The van der Waals surface area contributed by atoms with Gasteiger partial charge in [0.1, 0.15) is 5.69 Å². The van der Waals surface area contributed by atoms with Crippen LogP contribution in [0, 0.1) is 10.1 Å². The number of hydrogen-bond acceptors (Lipinski definition) is 4. The minimum Gasteiger partial charge on any atom is -0.393 e. The fourth-order valence-corrected chi connectivity index (χ4v) is 2.08. The van der Waals surface area contributed by atoms with E-state index in [-0.39, 0.29) is 11.4 Å². The van der Waals surface area contributed by atoms with Crippen molar-refractivity contribution < 1.29 is 13.7 Å². The van der Waals surface area contributed by atoms with Gasteiger partial charge in [-0.25, -0.2) is 4.21 Å². The third-order valence-corrected chi connectivity index (χ3v) is 3.33. The molecule has 0 amide bonds. The SMILES string of the molecule is CCC(c1ccc(N)c([N+](=O)[O-])c1)S(=O)O. The molecule has 16 heavy (non-hydrogen) atoms. The Morgan fingerprint density at radius 2 is 2.25 bits per heavy atom. The summed E-state index contributed by atoms with van der Waals surface area (Å²) in [6, 6.07) is 4.16. The summed E-state index contributed by atoms with van der Waals surface area (Å²) in [5, 5.41) is 10.0. The monoisotopic (exact) mass is 244 g/mol. The van der Waals surface area contributed by atoms with Gasteiger partial charge in [-0.3, -0.25) is 10.1 Å². The molecule has 0 aliphatic carbocycles. The molecule has 3 N–H and O–H groups in total. The summed E-state index contributed by atoms with van der Waals surface area (Å²) >= 11 is -2.05. The van der Waals surface area contributed by atoms with Gasteiger partial charge in [0.2, 0.25) is 0 Å². The summed E-state index contributed by atoms with van der Waals surface area (Å²) in [4.78, 5) is 10.0. The van der Waals surface area contributed by atoms with Crippen LogP contribution in [0.5, 0.6) is 0 Å². The molecular formula is C9H12N2O4S. The van der Waals surface area contributed by atoms with Crippen molar-refractivity contribution in [2.45, 2.75) is 18.6 Å². The molecule has 2 unspecified atom stereocenters. The lowest BCUT2D eigenvalue weighted by atomic mass is 10.1. The molecule has 6 nitrogen and oxygen atoms in total. The van der Waals surface area contributed by atoms with Gasteiger partial charge >= 0.3 is 0 Å². The molecule has 0 heterocycles. The molecular weight excluding hydrogens is 232 g/mol. The number of nitrogens with zero attached hydrogens (tertiary/aromatic N) is 1. The Hall–Kier alpha value is -1.47. The van der Waals surface area contributed by atoms with E-state index >= 15 is 0 Å². The largest absolute Gasteiger partial charge is 0.393 e. The first-order valence-corrected chi connectivity index (χ1v) is 5.77. The normalized spacial score (nSPS) is 14.4. The van der Waals surface area contributed by atoms with Crippen LogP contribution in [0.25, 0.3) is 0 Å². The highest BCUT2D eigenvalue weighted by atomic mass is 32.2. The highest BCUT2D eigenvalue weighted by molar-refractivity contribution is 7.79. The lowest BCUT2D eigenvalue weighted by Gasteiger charge is -2.10. The molecule has 0 aromatic heterocycles. The molecule has 1 aromatic carbocycles. The number of rotatable bonds is 4. The second-order valence-electron chi connectivity index (χ2n) is 3.25. The van der Waals surface area contributed by atoms with Gasteiger partial charge in [0.25, 0.3) is 5.69 Å². The first-order chi connectivity index (χ1) is 7.47. The smallest absolute Gasteiger partial charge is 0.292 e. The maximum absolute atomic E-state index is 11.0. The summed E-state index contributed by atoms with van der Waals surface area (Å²) in [5.74, 6) is 0. The third-order valence-electron chi connectivity index (χ3n) is 2.24. The number of hydrogen-bond donors (Lipinski definition) is 2. The van der Waals surface area contributed by atoms with Crippen molar-refractivity contribution in [3.63, 3.8) is 0 Å². The van der Waals surface area contributed by atoms with Crippen molar-refractivity contribution in [2.24, 2.45) is 0 Å². The van der Waals surface area contributed by atoms with Crippen molar-refractivity contribution in [3.05, 3.63) is 33.9 Å². The second kappa shape index (κ2) is 5.04. The van der Waals surface area contributed by atoms with Crippen LogP contribution in [0.2, 0.25) is 0 Å². The average Bonchev–Trinajstić information content (AvgIpc) is 2.20.